The highest BCUT2D eigenvalue weighted by Crippen LogP contribution is 2.59. The number of hydrogen-bond acceptors (Lipinski definition) is 4. The van der Waals surface area contributed by atoms with E-state index in [-0.39, 0.29) is 16.2 Å². The maximum Gasteiger partial charge on any atom is 0.164 e. The molecule has 2 aliphatic carbocycles. The summed E-state index contributed by atoms with van der Waals surface area (Å²) in [4.78, 5) is 15.5. The average Bonchev–Trinajstić information content (AvgIpc) is 3.71. The van der Waals surface area contributed by atoms with Crippen LogP contribution in [0.5, 0.6) is 0 Å². The van der Waals surface area contributed by atoms with Gasteiger partial charge in [0.15, 0.2) is 17.5 Å². The number of furan rings is 1. The molecule has 0 fully saturated rings. The molecule has 4 nitrogen and oxygen atoms in total. The Balaban J connectivity index is 1.10. The first kappa shape index (κ1) is 33.0. The zero-order valence-electron chi connectivity index (χ0n) is 32.5. The molecular formula is C52H41N3O. The maximum absolute atomic E-state index is 6.28. The highest BCUT2D eigenvalue weighted by molar-refractivity contribution is 6.11. The van der Waals surface area contributed by atoms with E-state index in [2.05, 4.69) is 133 Å². The van der Waals surface area contributed by atoms with E-state index in [0.29, 0.717) is 17.5 Å². The van der Waals surface area contributed by atoms with Gasteiger partial charge in [-0.2, -0.15) is 0 Å². The van der Waals surface area contributed by atoms with Crippen LogP contribution in [0.3, 0.4) is 0 Å². The van der Waals surface area contributed by atoms with E-state index in [1.807, 2.05) is 48.5 Å². The van der Waals surface area contributed by atoms with Crippen molar-refractivity contribution in [1.29, 1.82) is 0 Å². The Labute approximate surface area is 326 Å². The Morgan fingerprint density at radius 3 is 1.77 bits per heavy atom. The fraction of sp³-hybridized carbons (Fsp3) is 0.173. The van der Waals surface area contributed by atoms with Crippen molar-refractivity contribution in [2.45, 2.75) is 57.8 Å². The van der Waals surface area contributed by atoms with Gasteiger partial charge in [-0.15, -0.1) is 0 Å². The van der Waals surface area contributed by atoms with E-state index >= 15 is 0 Å². The summed E-state index contributed by atoms with van der Waals surface area (Å²) in [7, 11) is 0. The molecular weight excluding hydrogens is 683 g/mol. The minimum atomic E-state index is -0.237. The van der Waals surface area contributed by atoms with Crippen LogP contribution in [0.4, 0.5) is 0 Å². The number of fused-ring (bicyclic) bond motifs is 10. The van der Waals surface area contributed by atoms with Gasteiger partial charge >= 0.3 is 0 Å². The van der Waals surface area contributed by atoms with Gasteiger partial charge in [0.05, 0.1) is 0 Å². The number of rotatable bonds is 3. The predicted molar refractivity (Wildman–Crippen MR) is 230 cm³/mol. The highest BCUT2D eigenvalue weighted by Gasteiger charge is 2.48. The van der Waals surface area contributed by atoms with Crippen molar-refractivity contribution in [2.24, 2.45) is 0 Å². The highest BCUT2D eigenvalue weighted by atomic mass is 16.3. The van der Waals surface area contributed by atoms with Gasteiger partial charge in [0, 0.05) is 32.9 Å². The predicted octanol–water partition coefficient (Wildman–Crippen LogP) is 13.5. The first-order valence-corrected chi connectivity index (χ1v) is 19.6. The van der Waals surface area contributed by atoms with E-state index in [9.17, 15) is 0 Å². The van der Waals surface area contributed by atoms with Crippen LogP contribution in [-0.4, -0.2) is 15.0 Å². The summed E-state index contributed by atoms with van der Waals surface area (Å²) in [6, 6.07) is 50.0. The summed E-state index contributed by atoms with van der Waals surface area (Å²) in [5.41, 5.74) is 14.9. The Morgan fingerprint density at radius 2 is 0.982 bits per heavy atom. The second-order valence-corrected chi connectivity index (χ2v) is 17.3. The molecule has 270 valence electrons. The van der Waals surface area contributed by atoms with Crippen molar-refractivity contribution in [1.82, 2.24) is 15.0 Å². The quantitative estimate of drug-likeness (QED) is 0.182. The molecule has 0 atom stereocenters. The monoisotopic (exact) mass is 723 g/mol. The molecule has 9 aromatic rings. The van der Waals surface area contributed by atoms with Gasteiger partial charge in [0.2, 0.25) is 0 Å². The van der Waals surface area contributed by atoms with Crippen molar-refractivity contribution in [3.05, 3.63) is 162 Å². The summed E-state index contributed by atoms with van der Waals surface area (Å²) >= 11 is 0. The fourth-order valence-electron chi connectivity index (χ4n) is 9.62. The summed E-state index contributed by atoms with van der Waals surface area (Å²) in [6.45, 7) is 14.4. The molecule has 0 aliphatic heterocycles. The van der Waals surface area contributed by atoms with Crippen LogP contribution >= 0.6 is 0 Å². The molecule has 56 heavy (non-hydrogen) atoms. The fourth-order valence-corrected chi connectivity index (χ4v) is 9.62. The third kappa shape index (κ3) is 4.50. The summed E-state index contributed by atoms with van der Waals surface area (Å²) < 4.78 is 6.28. The number of para-hydroxylation sites is 1. The average molecular weight is 724 g/mol. The summed E-state index contributed by atoms with van der Waals surface area (Å²) in [5, 5.41) is 4.63. The normalized spacial score (nSPS) is 15.8. The molecule has 2 heterocycles. The van der Waals surface area contributed by atoms with Gasteiger partial charge in [-0.25, -0.2) is 15.0 Å². The van der Waals surface area contributed by atoms with Gasteiger partial charge in [-0.3, -0.25) is 0 Å². The molecule has 7 aromatic carbocycles. The molecule has 0 amide bonds. The third-order valence-corrected chi connectivity index (χ3v) is 13.5. The van der Waals surface area contributed by atoms with Gasteiger partial charge < -0.3 is 4.42 Å². The Bertz CT molecular complexity index is 3110. The van der Waals surface area contributed by atoms with Crippen molar-refractivity contribution in [3.63, 3.8) is 0 Å². The van der Waals surface area contributed by atoms with Gasteiger partial charge in [0.1, 0.15) is 11.2 Å². The number of nitrogens with zero attached hydrogens (tertiary/aromatic N) is 3. The molecule has 0 saturated carbocycles. The lowest BCUT2D eigenvalue weighted by Gasteiger charge is -2.49. The SMILES string of the molecule is CC1(C)c2cc(-c3nc(-c4ccccc4)nc(-c4cccc5oc6ccccc6c45)n3)ccc2-c2cc3c(cc21)C(C)(C)C(C)(C)c1cc2ccccc2cc1-3. The summed E-state index contributed by atoms with van der Waals surface area (Å²) in [6.07, 6.45) is 0. The van der Waals surface area contributed by atoms with Crippen LogP contribution in [0, 0.1) is 0 Å². The van der Waals surface area contributed by atoms with Crippen LogP contribution in [0.25, 0.3) is 89.1 Å². The Kier molecular flexibility index (Phi) is 6.68. The second-order valence-electron chi connectivity index (χ2n) is 17.3. The van der Waals surface area contributed by atoms with Crippen molar-refractivity contribution < 1.29 is 4.42 Å². The van der Waals surface area contributed by atoms with Crippen molar-refractivity contribution >= 4 is 32.7 Å². The molecule has 0 radical (unpaired) electrons. The lowest BCUT2D eigenvalue weighted by Crippen LogP contribution is -2.43. The van der Waals surface area contributed by atoms with Crippen molar-refractivity contribution in [3.8, 4) is 56.4 Å². The van der Waals surface area contributed by atoms with Gasteiger partial charge in [-0.1, -0.05) is 145 Å². The standard InChI is InChI=1S/C52H41N3O/c1-50(2)40-27-33(48-53-47(30-15-8-7-9-16-30)54-49(55-48)36-20-14-22-45-46(36)35-19-12-13-21-44(35)56-45)23-24-34(40)38-28-39-37-25-31-17-10-11-18-32(31)26-42(37)51(3,4)52(5,6)43(39)29-41(38)50/h7-29H,1-6H3. The number of benzene rings is 7. The Hall–Kier alpha value is -6.39. The van der Waals surface area contributed by atoms with E-state index in [1.165, 1.54) is 55.3 Å². The van der Waals surface area contributed by atoms with Crippen LogP contribution in [0.1, 0.15) is 63.8 Å². The lowest BCUT2D eigenvalue weighted by atomic mass is 9.55. The molecule has 0 spiro atoms. The van der Waals surface area contributed by atoms with E-state index in [0.717, 1.165) is 38.6 Å². The molecule has 11 rings (SSSR count). The first-order chi connectivity index (χ1) is 27.0. The minimum absolute atomic E-state index is 0.0731. The zero-order chi connectivity index (χ0) is 38.1. The molecule has 0 N–H and O–H groups in total. The van der Waals surface area contributed by atoms with Gasteiger partial charge in [0.25, 0.3) is 0 Å². The van der Waals surface area contributed by atoms with Crippen molar-refractivity contribution in [2.75, 3.05) is 0 Å². The Morgan fingerprint density at radius 1 is 0.393 bits per heavy atom. The zero-order valence-corrected chi connectivity index (χ0v) is 32.5. The molecule has 4 heteroatoms. The first-order valence-electron chi connectivity index (χ1n) is 19.6. The maximum atomic E-state index is 6.28. The minimum Gasteiger partial charge on any atom is -0.456 e. The van der Waals surface area contributed by atoms with Crippen LogP contribution < -0.4 is 0 Å². The third-order valence-electron chi connectivity index (χ3n) is 13.5. The molecule has 0 bridgehead atoms. The van der Waals surface area contributed by atoms with Gasteiger partial charge in [-0.05, 0) is 103 Å². The topological polar surface area (TPSA) is 51.8 Å². The smallest absolute Gasteiger partial charge is 0.164 e. The number of aromatic nitrogens is 3. The molecule has 2 aromatic heterocycles. The lowest BCUT2D eigenvalue weighted by molar-refractivity contribution is 0.299. The molecule has 2 aliphatic rings. The molecule has 0 unspecified atom stereocenters. The van der Waals surface area contributed by atoms with Crippen LogP contribution in [0.2, 0.25) is 0 Å². The largest absolute Gasteiger partial charge is 0.456 e. The van der Waals surface area contributed by atoms with E-state index < -0.39 is 0 Å². The second kappa shape index (κ2) is 11.3. The van der Waals surface area contributed by atoms with E-state index in [1.54, 1.807) is 0 Å². The number of hydrogen-bond donors (Lipinski definition) is 0. The van der Waals surface area contributed by atoms with Crippen LogP contribution in [0.15, 0.2) is 144 Å². The van der Waals surface area contributed by atoms with E-state index in [4.69, 9.17) is 19.4 Å². The molecule has 0 saturated heterocycles. The van der Waals surface area contributed by atoms with Crippen LogP contribution in [-0.2, 0) is 16.2 Å². The summed E-state index contributed by atoms with van der Waals surface area (Å²) in [5.74, 6) is 1.91.